The first-order valence-corrected chi connectivity index (χ1v) is 14.2. The number of rotatable bonds is 15. The Hall–Kier alpha value is -2.90. The Bertz CT molecular complexity index is 1120. The van der Waals surface area contributed by atoms with Crippen LogP contribution in [0.4, 0.5) is 21.6 Å². The van der Waals surface area contributed by atoms with Crippen LogP contribution in [0.25, 0.3) is 0 Å². The summed E-state index contributed by atoms with van der Waals surface area (Å²) in [7, 11) is 2.07. The lowest BCUT2D eigenvalue weighted by Gasteiger charge is -2.34. The number of anilines is 2. The molecule has 1 aliphatic rings. The number of nitro benzene ring substituents is 1. The van der Waals surface area contributed by atoms with Crippen LogP contribution in [0, 0.1) is 21.8 Å². The number of piperazine rings is 1. The fourth-order valence-electron chi connectivity index (χ4n) is 4.26. The summed E-state index contributed by atoms with van der Waals surface area (Å²) >= 11 is 7.46. The van der Waals surface area contributed by atoms with Gasteiger partial charge in [0.2, 0.25) is 11.2 Å². The number of amides is 1. The standard InChI is InChI=1S/C25H35ClFN7O4S/c1-17(15-29-24-19(27)16-30-25(26)31-24)22(4-3-5-23(28)35)39-13-12-38-21-14-18(34(36)37)6-7-20(21)33-10-8-32(2)9-11-33/h6-7,14,16-17,22H,3-5,8-13,15H2,1-2H3,(H2,28,35)(H,29,30,31)/t17-,22+/m0/s1. The average molecular weight is 584 g/mol. The van der Waals surface area contributed by atoms with E-state index in [0.717, 1.165) is 44.5 Å². The number of halogens is 2. The van der Waals surface area contributed by atoms with Crippen molar-refractivity contribution in [3.05, 3.63) is 45.6 Å². The minimum absolute atomic E-state index is 0.0170. The second kappa shape index (κ2) is 15.0. The van der Waals surface area contributed by atoms with Crippen LogP contribution in [0.5, 0.6) is 5.75 Å². The fraction of sp³-hybridized carbons (Fsp3) is 0.560. The predicted molar refractivity (Wildman–Crippen MR) is 152 cm³/mol. The summed E-state index contributed by atoms with van der Waals surface area (Å²) in [6.45, 7) is 6.22. The average Bonchev–Trinajstić information content (AvgIpc) is 2.90. The first kappa shape index (κ1) is 30.6. The van der Waals surface area contributed by atoms with E-state index in [2.05, 4.69) is 32.1 Å². The third-order valence-corrected chi connectivity index (χ3v) is 8.24. The number of hydrogen-bond acceptors (Lipinski definition) is 10. The number of thioether (sulfide) groups is 1. The highest BCUT2D eigenvalue weighted by atomic mass is 35.5. The van der Waals surface area contributed by atoms with E-state index in [1.807, 2.05) is 6.92 Å². The molecule has 1 fully saturated rings. The number of likely N-dealkylation sites (N-methyl/N-ethyl adjacent to an activating group) is 1. The molecular formula is C25H35ClFN7O4S. The Morgan fingerprint density at radius 1 is 1.36 bits per heavy atom. The molecule has 1 aromatic carbocycles. The van der Waals surface area contributed by atoms with Gasteiger partial charge in [-0.25, -0.2) is 9.37 Å². The van der Waals surface area contributed by atoms with E-state index < -0.39 is 10.7 Å². The van der Waals surface area contributed by atoms with Gasteiger partial charge in [-0.15, -0.1) is 0 Å². The van der Waals surface area contributed by atoms with Gasteiger partial charge in [-0.05, 0) is 43.5 Å². The SMILES string of the molecule is C[C@@H](CNc1nc(Cl)ncc1F)[C@@H](CCCC(N)=O)SCCOc1cc([N+](=O)[O-])ccc1N1CCN(C)CC1. The van der Waals surface area contributed by atoms with Gasteiger partial charge in [0.25, 0.3) is 5.69 Å². The molecule has 3 rings (SSSR count). The van der Waals surface area contributed by atoms with Crippen LogP contribution in [0.15, 0.2) is 24.4 Å². The summed E-state index contributed by atoms with van der Waals surface area (Å²) in [6.07, 6.45) is 2.66. The molecule has 39 heavy (non-hydrogen) atoms. The zero-order chi connectivity index (χ0) is 28.4. The van der Waals surface area contributed by atoms with Crippen molar-refractivity contribution in [3.8, 4) is 5.75 Å². The number of carbonyl (C=O) groups is 1. The summed E-state index contributed by atoms with van der Waals surface area (Å²) < 4.78 is 20.1. The molecule has 2 atom stereocenters. The fourth-order valence-corrected chi connectivity index (χ4v) is 5.63. The van der Waals surface area contributed by atoms with Crippen LogP contribution in [0.2, 0.25) is 5.28 Å². The molecule has 2 heterocycles. The highest BCUT2D eigenvalue weighted by Crippen LogP contribution is 2.34. The van der Waals surface area contributed by atoms with E-state index in [1.165, 1.54) is 12.1 Å². The van der Waals surface area contributed by atoms with Gasteiger partial charge in [0.1, 0.15) is 5.75 Å². The number of nitro groups is 1. The minimum Gasteiger partial charge on any atom is -0.490 e. The molecule has 11 nitrogen and oxygen atoms in total. The highest BCUT2D eigenvalue weighted by Gasteiger charge is 2.22. The molecule has 0 aliphatic carbocycles. The van der Waals surface area contributed by atoms with Crippen molar-refractivity contribution in [2.24, 2.45) is 11.7 Å². The normalized spacial score (nSPS) is 15.5. The van der Waals surface area contributed by atoms with E-state index in [0.29, 0.717) is 31.1 Å². The molecule has 14 heteroatoms. The lowest BCUT2D eigenvalue weighted by Crippen LogP contribution is -2.44. The molecular weight excluding hydrogens is 549 g/mol. The lowest BCUT2D eigenvalue weighted by atomic mass is 10.0. The van der Waals surface area contributed by atoms with Crippen molar-refractivity contribution in [1.82, 2.24) is 14.9 Å². The van der Waals surface area contributed by atoms with Gasteiger partial charge in [-0.3, -0.25) is 14.9 Å². The van der Waals surface area contributed by atoms with Crippen molar-refractivity contribution in [2.75, 3.05) is 62.3 Å². The summed E-state index contributed by atoms with van der Waals surface area (Å²) in [5.41, 5.74) is 6.15. The molecule has 1 saturated heterocycles. The van der Waals surface area contributed by atoms with Gasteiger partial charge < -0.3 is 25.6 Å². The van der Waals surface area contributed by atoms with E-state index in [-0.39, 0.29) is 40.3 Å². The first-order valence-electron chi connectivity index (χ1n) is 12.8. The van der Waals surface area contributed by atoms with Crippen molar-refractivity contribution in [2.45, 2.75) is 31.4 Å². The van der Waals surface area contributed by atoms with Gasteiger partial charge in [0.05, 0.1) is 29.5 Å². The summed E-state index contributed by atoms with van der Waals surface area (Å²) in [6, 6.07) is 4.74. The largest absolute Gasteiger partial charge is 0.490 e. The number of nitrogens with zero attached hydrogens (tertiary/aromatic N) is 5. The van der Waals surface area contributed by atoms with Crippen LogP contribution in [0.1, 0.15) is 26.2 Å². The quantitative estimate of drug-likeness (QED) is 0.138. The van der Waals surface area contributed by atoms with Crippen molar-refractivity contribution in [3.63, 3.8) is 0 Å². The number of benzene rings is 1. The zero-order valence-corrected chi connectivity index (χ0v) is 23.7. The Morgan fingerprint density at radius 3 is 2.79 bits per heavy atom. The molecule has 1 aliphatic heterocycles. The topological polar surface area (TPSA) is 140 Å². The van der Waals surface area contributed by atoms with Crippen molar-refractivity contribution >= 4 is 46.5 Å². The molecule has 1 aromatic heterocycles. The molecule has 0 bridgehead atoms. The van der Waals surface area contributed by atoms with Gasteiger partial charge in [-0.2, -0.15) is 16.7 Å². The number of ether oxygens (including phenoxy) is 1. The van der Waals surface area contributed by atoms with E-state index in [9.17, 15) is 19.3 Å². The maximum atomic E-state index is 14.0. The molecule has 3 N–H and O–H groups in total. The summed E-state index contributed by atoms with van der Waals surface area (Å²) in [4.78, 5) is 34.2. The van der Waals surface area contributed by atoms with Crippen molar-refractivity contribution in [1.29, 1.82) is 0 Å². The first-order chi connectivity index (χ1) is 18.6. The third-order valence-electron chi connectivity index (χ3n) is 6.52. The molecule has 0 unspecified atom stereocenters. The molecule has 0 saturated carbocycles. The number of aromatic nitrogens is 2. The lowest BCUT2D eigenvalue weighted by molar-refractivity contribution is -0.384. The monoisotopic (exact) mass is 583 g/mol. The molecule has 1 amide bonds. The maximum absolute atomic E-state index is 14.0. The van der Waals surface area contributed by atoms with Crippen LogP contribution >= 0.6 is 23.4 Å². The van der Waals surface area contributed by atoms with Gasteiger partial charge in [0.15, 0.2) is 11.6 Å². The third kappa shape index (κ3) is 9.66. The number of non-ortho nitro benzene ring substituents is 1. The van der Waals surface area contributed by atoms with Gasteiger partial charge in [0, 0.05) is 56.2 Å². The summed E-state index contributed by atoms with van der Waals surface area (Å²) in [5, 5.41) is 14.4. The van der Waals surface area contributed by atoms with Crippen LogP contribution in [-0.2, 0) is 4.79 Å². The van der Waals surface area contributed by atoms with Crippen molar-refractivity contribution < 1.29 is 18.8 Å². The van der Waals surface area contributed by atoms with Crippen LogP contribution in [-0.4, -0.2) is 83.1 Å². The number of nitrogens with one attached hydrogen (secondary N) is 1. The number of hydrogen-bond donors (Lipinski definition) is 2. The van der Waals surface area contributed by atoms with E-state index in [1.54, 1.807) is 17.8 Å². The van der Waals surface area contributed by atoms with E-state index in [4.69, 9.17) is 22.1 Å². The minimum atomic E-state index is -0.592. The number of nitrogens with two attached hydrogens (primary N) is 1. The van der Waals surface area contributed by atoms with Gasteiger partial charge >= 0.3 is 0 Å². The zero-order valence-electron chi connectivity index (χ0n) is 22.1. The second-order valence-electron chi connectivity index (χ2n) is 9.51. The van der Waals surface area contributed by atoms with E-state index >= 15 is 0 Å². The second-order valence-corrected chi connectivity index (χ2v) is 11.2. The summed E-state index contributed by atoms with van der Waals surface area (Å²) in [5.74, 6) is 0.275. The smallest absolute Gasteiger partial charge is 0.273 e. The van der Waals surface area contributed by atoms with Crippen LogP contribution in [0.3, 0.4) is 0 Å². The van der Waals surface area contributed by atoms with Gasteiger partial charge in [-0.1, -0.05) is 6.92 Å². The Balaban J connectivity index is 1.61. The highest BCUT2D eigenvalue weighted by molar-refractivity contribution is 7.99. The number of primary amides is 1. The molecule has 2 aromatic rings. The Labute approximate surface area is 236 Å². The Morgan fingerprint density at radius 2 is 2.10 bits per heavy atom. The molecule has 0 radical (unpaired) electrons. The molecule has 0 spiro atoms. The Kier molecular flexibility index (Phi) is 11.8. The number of carbonyl (C=O) groups excluding carboxylic acids is 1. The van der Waals surface area contributed by atoms with Crippen LogP contribution < -0.4 is 20.7 Å². The predicted octanol–water partition coefficient (Wildman–Crippen LogP) is 3.81. The molecule has 214 valence electrons. The maximum Gasteiger partial charge on any atom is 0.273 e.